The summed E-state index contributed by atoms with van der Waals surface area (Å²) >= 11 is 0. The van der Waals surface area contributed by atoms with E-state index in [4.69, 9.17) is 14.2 Å². The molecule has 0 unspecified atom stereocenters. The molecule has 0 saturated carbocycles. The molecule has 0 radical (unpaired) electrons. The lowest BCUT2D eigenvalue weighted by atomic mass is 10.0. The summed E-state index contributed by atoms with van der Waals surface area (Å²) in [5.74, 6) is 0.732. The normalized spacial score (nSPS) is 11.0. The van der Waals surface area contributed by atoms with Crippen LogP contribution in [0.25, 0.3) is 11.6 Å². The van der Waals surface area contributed by atoms with Gasteiger partial charge in [0.05, 0.1) is 26.9 Å². The SMILES string of the molecule is COc1cccc(/C(=C/c2ccc(OC)cc2OC)C(=O)O)c1. The van der Waals surface area contributed by atoms with Crippen molar-refractivity contribution >= 4 is 17.6 Å². The van der Waals surface area contributed by atoms with Gasteiger partial charge in [-0.1, -0.05) is 12.1 Å². The molecule has 0 amide bonds. The third kappa shape index (κ3) is 3.83. The molecule has 5 nitrogen and oxygen atoms in total. The highest BCUT2D eigenvalue weighted by Crippen LogP contribution is 2.29. The monoisotopic (exact) mass is 314 g/mol. The molecule has 0 atom stereocenters. The number of methoxy groups -OCH3 is 3. The lowest BCUT2D eigenvalue weighted by molar-refractivity contribution is -0.130. The van der Waals surface area contributed by atoms with Gasteiger partial charge in [0.2, 0.25) is 0 Å². The number of aliphatic carboxylic acids is 1. The molecule has 0 bridgehead atoms. The Kier molecular flexibility index (Phi) is 5.25. The number of hydrogen-bond donors (Lipinski definition) is 1. The van der Waals surface area contributed by atoms with Gasteiger partial charge in [-0.05, 0) is 35.9 Å². The number of ether oxygens (including phenoxy) is 3. The minimum atomic E-state index is -1.03. The summed E-state index contributed by atoms with van der Waals surface area (Å²) in [6.45, 7) is 0. The van der Waals surface area contributed by atoms with E-state index in [1.165, 1.54) is 14.2 Å². The minimum Gasteiger partial charge on any atom is -0.497 e. The molecule has 2 aromatic carbocycles. The van der Waals surface area contributed by atoms with Gasteiger partial charge in [0.25, 0.3) is 0 Å². The molecule has 0 aliphatic carbocycles. The van der Waals surface area contributed by atoms with Crippen molar-refractivity contribution in [3.63, 3.8) is 0 Å². The fourth-order valence-corrected chi connectivity index (χ4v) is 2.15. The molecule has 2 rings (SSSR count). The maximum absolute atomic E-state index is 11.7. The van der Waals surface area contributed by atoms with Crippen LogP contribution in [-0.2, 0) is 4.79 Å². The molecule has 0 heterocycles. The molecule has 0 fully saturated rings. The lowest BCUT2D eigenvalue weighted by Gasteiger charge is -2.10. The second-order valence-corrected chi connectivity index (χ2v) is 4.70. The van der Waals surface area contributed by atoms with Crippen LogP contribution in [0.15, 0.2) is 42.5 Å². The van der Waals surface area contributed by atoms with E-state index in [0.717, 1.165) is 0 Å². The van der Waals surface area contributed by atoms with Crippen molar-refractivity contribution < 1.29 is 24.1 Å². The summed E-state index contributed by atoms with van der Waals surface area (Å²) in [5, 5.41) is 9.54. The second-order valence-electron chi connectivity index (χ2n) is 4.70. The highest BCUT2D eigenvalue weighted by Gasteiger charge is 2.13. The van der Waals surface area contributed by atoms with Gasteiger partial charge in [-0.15, -0.1) is 0 Å². The van der Waals surface area contributed by atoms with Crippen LogP contribution in [0.5, 0.6) is 17.2 Å². The summed E-state index contributed by atoms with van der Waals surface area (Å²) in [6, 6.07) is 12.1. The maximum atomic E-state index is 11.7. The number of carbonyl (C=O) groups is 1. The largest absolute Gasteiger partial charge is 0.497 e. The molecule has 5 heteroatoms. The molecule has 0 spiro atoms. The number of hydrogen-bond acceptors (Lipinski definition) is 4. The van der Waals surface area contributed by atoms with Crippen LogP contribution in [-0.4, -0.2) is 32.4 Å². The summed E-state index contributed by atoms with van der Waals surface area (Å²) < 4.78 is 15.6. The van der Waals surface area contributed by atoms with E-state index >= 15 is 0 Å². The van der Waals surface area contributed by atoms with Gasteiger partial charge in [0, 0.05) is 11.6 Å². The van der Waals surface area contributed by atoms with Crippen molar-refractivity contribution in [2.45, 2.75) is 0 Å². The molecule has 0 aromatic heterocycles. The highest BCUT2D eigenvalue weighted by atomic mass is 16.5. The van der Waals surface area contributed by atoms with Gasteiger partial charge in [-0.25, -0.2) is 4.79 Å². The first kappa shape index (κ1) is 16.4. The standard InChI is InChI=1S/C18H18O5/c1-21-14-6-4-5-12(9-14)16(18(19)20)10-13-7-8-15(22-2)11-17(13)23-3/h4-11H,1-3H3,(H,19,20)/b16-10-. The number of rotatable bonds is 6. The topological polar surface area (TPSA) is 65.0 Å². The van der Waals surface area contributed by atoms with E-state index < -0.39 is 5.97 Å². The van der Waals surface area contributed by atoms with Crippen LogP contribution in [0.3, 0.4) is 0 Å². The molecular weight excluding hydrogens is 296 g/mol. The van der Waals surface area contributed by atoms with Crippen LogP contribution < -0.4 is 14.2 Å². The number of carboxylic acids is 1. The van der Waals surface area contributed by atoms with E-state index in [9.17, 15) is 9.90 Å². The Bertz CT molecular complexity index is 734. The Morgan fingerprint density at radius 1 is 0.957 bits per heavy atom. The fraction of sp³-hybridized carbons (Fsp3) is 0.167. The Hall–Kier alpha value is -2.95. The maximum Gasteiger partial charge on any atom is 0.336 e. The lowest BCUT2D eigenvalue weighted by Crippen LogP contribution is -2.00. The van der Waals surface area contributed by atoms with Crippen molar-refractivity contribution in [2.75, 3.05) is 21.3 Å². The van der Waals surface area contributed by atoms with E-state index in [0.29, 0.717) is 28.4 Å². The third-order valence-corrected chi connectivity index (χ3v) is 3.35. The average molecular weight is 314 g/mol. The third-order valence-electron chi connectivity index (χ3n) is 3.35. The van der Waals surface area contributed by atoms with Crippen LogP contribution in [0, 0.1) is 0 Å². The molecule has 1 N–H and O–H groups in total. The van der Waals surface area contributed by atoms with Crippen LogP contribution >= 0.6 is 0 Å². The van der Waals surface area contributed by atoms with Gasteiger partial charge in [-0.3, -0.25) is 0 Å². The van der Waals surface area contributed by atoms with E-state index in [2.05, 4.69) is 0 Å². The van der Waals surface area contributed by atoms with Gasteiger partial charge < -0.3 is 19.3 Å². The first-order valence-electron chi connectivity index (χ1n) is 6.90. The van der Waals surface area contributed by atoms with Crippen LogP contribution in [0.4, 0.5) is 0 Å². The molecule has 0 saturated heterocycles. The number of carboxylic acid groups (broad SMARTS) is 1. The van der Waals surface area contributed by atoms with Crippen molar-refractivity contribution in [3.05, 3.63) is 53.6 Å². The van der Waals surface area contributed by atoms with Crippen LogP contribution in [0.2, 0.25) is 0 Å². The average Bonchev–Trinajstić information content (AvgIpc) is 2.59. The van der Waals surface area contributed by atoms with E-state index in [1.807, 2.05) is 0 Å². The summed E-state index contributed by atoms with van der Waals surface area (Å²) in [7, 11) is 4.62. The fourth-order valence-electron chi connectivity index (χ4n) is 2.15. The predicted molar refractivity (Wildman–Crippen MR) is 88.0 cm³/mol. The molecule has 0 aliphatic rings. The Morgan fingerprint density at radius 2 is 1.65 bits per heavy atom. The van der Waals surface area contributed by atoms with E-state index in [1.54, 1.807) is 55.7 Å². The second kappa shape index (κ2) is 7.35. The van der Waals surface area contributed by atoms with Crippen molar-refractivity contribution in [3.8, 4) is 17.2 Å². The molecule has 23 heavy (non-hydrogen) atoms. The molecule has 120 valence electrons. The zero-order valence-electron chi connectivity index (χ0n) is 13.2. The van der Waals surface area contributed by atoms with Crippen molar-refractivity contribution in [1.82, 2.24) is 0 Å². The number of benzene rings is 2. The Morgan fingerprint density at radius 3 is 2.26 bits per heavy atom. The summed E-state index contributed by atoms with van der Waals surface area (Å²) in [6.07, 6.45) is 1.56. The molecular formula is C18H18O5. The summed E-state index contributed by atoms with van der Waals surface area (Å²) in [5.41, 5.74) is 1.34. The molecule has 0 aliphatic heterocycles. The van der Waals surface area contributed by atoms with E-state index in [-0.39, 0.29) is 5.57 Å². The predicted octanol–water partition coefficient (Wildman–Crippen LogP) is 3.34. The van der Waals surface area contributed by atoms with Crippen molar-refractivity contribution in [2.24, 2.45) is 0 Å². The highest BCUT2D eigenvalue weighted by molar-refractivity contribution is 6.20. The van der Waals surface area contributed by atoms with Gasteiger partial charge in [-0.2, -0.15) is 0 Å². The minimum absolute atomic E-state index is 0.146. The van der Waals surface area contributed by atoms with Crippen molar-refractivity contribution in [1.29, 1.82) is 0 Å². The Labute approximate surface area is 134 Å². The first-order chi connectivity index (χ1) is 11.1. The van der Waals surface area contributed by atoms with Gasteiger partial charge >= 0.3 is 5.97 Å². The zero-order chi connectivity index (χ0) is 16.8. The quantitative estimate of drug-likeness (QED) is 0.654. The van der Waals surface area contributed by atoms with Gasteiger partial charge in [0.15, 0.2) is 0 Å². The van der Waals surface area contributed by atoms with Crippen LogP contribution in [0.1, 0.15) is 11.1 Å². The zero-order valence-corrected chi connectivity index (χ0v) is 13.2. The first-order valence-corrected chi connectivity index (χ1v) is 6.90. The Balaban J connectivity index is 2.53. The molecule has 2 aromatic rings. The smallest absolute Gasteiger partial charge is 0.336 e. The summed E-state index contributed by atoms with van der Waals surface area (Å²) in [4.78, 5) is 11.7. The van der Waals surface area contributed by atoms with Gasteiger partial charge in [0.1, 0.15) is 17.2 Å².